The van der Waals surface area contributed by atoms with Crippen molar-refractivity contribution in [2.24, 2.45) is 0 Å². The number of nitrogens with zero attached hydrogens (tertiary/aromatic N) is 2. The van der Waals surface area contributed by atoms with Gasteiger partial charge in [0.15, 0.2) is 0 Å². The standard InChI is InChI=1S/C14H21N3O4/c1-3-20-13(18)6-7-15-14(19)17-8-4-5-12(17)11-9-10(2)21-16-11/h9,12H,3-8H2,1-2H3,(H,15,19). The molecule has 1 atom stereocenters. The normalized spacial score (nSPS) is 17.8. The molecule has 116 valence electrons. The minimum Gasteiger partial charge on any atom is -0.466 e. The summed E-state index contributed by atoms with van der Waals surface area (Å²) in [6, 6.07) is 1.63. The Morgan fingerprint density at radius 2 is 2.38 bits per heavy atom. The molecular formula is C14H21N3O4. The lowest BCUT2D eigenvalue weighted by Gasteiger charge is -2.23. The zero-order valence-electron chi connectivity index (χ0n) is 12.4. The third-order valence-corrected chi connectivity index (χ3v) is 3.41. The van der Waals surface area contributed by atoms with Crippen molar-refractivity contribution >= 4 is 12.0 Å². The Kier molecular flexibility index (Phi) is 5.19. The number of esters is 1. The fraction of sp³-hybridized carbons (Fsp3) is 0.643. The molecule has 1 aliphatic heterocycles. The smallest absolute Gasteiger partial charge is 0.317 e. The first-order valence-electron chi connectivity index (χ1n) is 7.25. The Balaban J connectivity index is 1.85. The van der Waals surface area contributed by atoms with E-state index in [1.165, 1.54) is 0 Å². The van der Waals surface area contributed by atoms with Crippen LogP contribution in [0, 0.1) is 6.92 Å². The number of nitrogens with one attached hydrogen (secondary N) is 1. The Labute approximate surface area is 123 Å². The summed E-state index contributed by atoms with van der Waals surface area (Å²) in [6.45, 7) is 4.90. The summed E-state index contributed by atoms with van der Waals surface area (Å²) in [4.78, 5) is 25.1. The highest BCUT2D eigenvalue weighted by atomic mass is 16.5. The predicted molar refractivity (Wildman–Crippen MR) is 74.6 cm³/mol. The van der Waals surface area contributed by atoms with E-state index >= 15 is 0 Å². The van der Waals surface area contributed by atoms with Crippen LogP contribution < -0.4 is 5.32 Å². The molecular weight excluding hydrogens is 274 g/mol. The molecule has 2 heterocycles. The largest absolute Gasteiger partial charge is 0.466 e. The topological polar surface area (TPSA) is 84.7 Å². The molecule has 0 spiro atoms. The molecule has 2 rings (SSSR count). The number of aromatic nitrogens is 1. The van der Waals surface area contributed by atoms with Gasteiger partial charge in [-0.2, -0.15) is 0 Å². The zero-order chi connectivity index (χ0) is 15.2. The fourth-order valence-corrected chi connectivity index (χ4v) is 2.47. The second-order valence-corrected chi connectivity index (χ2v) is 5.00. The maximum absolute atomic E-state index is 12.2. The molecule has 1 unspecified atom stereocenters. The second kappa shape index (κ2) is 7.10. The summed E-state index contributed by atoms with van der Waals surface area (Å²) in [6.07, 6.45) is 1.99. The molecule has 0 saturated carbocycles. The van der Waals surface area contributed by atoms with Crippen LogP contribution >= 0.6 is 0 Å². The summed E-state index contributed by atoms with van der Waals surface area (Å²) >= 11 is 0. The molecule has 0 aromatic carbocycles. The zero-order valence-corrected chi connectivity index (χ0v) is 12.4. The van der Waals surface area contributed by atoms with E-state index in [2.05, 4.69) is 10.5 Å². The maximum atomic E-state index is 12.2. The molecule has 7 nitrogen and oxygen atoms in total. The number of amides is 2. The predicted octanol–water partition coefficient (Wildman–Crippen LogP) is 1.78. The molecule has 0 aliphatic carbocycles. The number of hydrogen-bond donors (Lipinski definition) is 1. The first kappa shape index (κ1) is 15.3. The Hall–Kier alpha value is -2.05. The summed E-state index contributed by atoms with van der Waals surface area (Å²) in [5.74, 6) is 0.433. The van der Waals surface area contributed by atoms with E-state index in [1.54, 1.807) is 11.8 Å². The first-order valence-corrected chi connectivity index (χ1v) is 7.25. The number of carbonyl (C=O) groups excluding carboxylic acids is 2. The van der Waals surface area contributed by atoms with E-state index in [1.807, 2.05) is 13.0 Å². The third-order valence-electron chi connectivity index (χ3n) is 3.41. The van der Waals surface area contributed by atoms with Gasteiger partial charge in [-0.3, -0.25) is 4.79 Å². The highest BCUT2D eigenvalue weighted by Crippen LogP contribution is 2.31. The van der Waals surface area contributed by atoms with Gasteiger partial charge in [-0.15, -0.1) is 0 Å². The SMILES string of the molecule is CCOC(=O)CCNC(=O)N1CCCC1c1cc(C)on1. The van der Waals surface area contributed by atoms with Crippen LogP contribution in [-0.4, -0.2) is 41.8 Å². The average Bonchev–Trinajstić information content (AvgIpc) is 3.07. The Morgan fingerprint density at radius 1 is 1.57 bits per heavy atom. The molecule has 2 amide bonds. The number of aryl methyl sites for hydroxylation is 1. The maximum Gasteiger partial charge on any atom is 0.317 e. The van der Waals surface area contributed by atoms with Crippen molar-refractivity contribution in [2.75, 3.05) is 19.7 Å². The highest BCUT2D eigenvalue weighted by molar-refractivity contribution is 5.76. The van der Waals surface area contributed by atoms with E-state index in [-0.39, 0.29) is 31.0 Å². The van der Waals surface area contributed by atoms with Gasteiger partial charge in [0.25, 0.3) is 0 Å². The van der Waals surface area contributed by atoms with Crippen molar-refractivity contribution < 1.29 is 18.8 Å². The molecule has 1 aromatic heterocycles. The lowest BCUT2D eigenvalue weighted by atomic mass is 10.1. The minimum absolute atomic E-state index is 0.0509. The number of likely N-dealkylation sites (tertiary alicyclic amines) is 1. The van der Waals surface area contributed by atoms with Crippen LogP contribution in [0.2, 0.25) is 0 Å². The van der Waals surface area contributed by atoms with Crippen molar-refractivity contribution in [3.8, 4) is 0 Å². The number of rotatable bonds is 5. The summed E-state index contributed by atoms with van der Waals surface area (Å²) < 4.78 is 9.89. The van der Waals surface area contributed by atoms with Crippen LogP contribution in [0.15, 0.2) is 10.6 Å². The van der Waals surface area contributed by atoms with E-state index in [0.717, 1.165) is 24.3 Å². The molecule has 0 radical (unpaired) electrons. The molecule has 1 saturated heterocycles. The molecule has 7 heteroatoms. The van der Waals surface area contributed by atoms with Gasteiger partial charge in [0.2, 0.25) is 0 Å². The van der Waals surface area contributed by atoms with E-state index in [9.17, 15) is 9.59 Å². The molecule has 1 fully saturated rings. The van der Waals surface area contributed by atoms with Gasteiger partial charge in [-0.1, -0.05) is 5.16 Å². The highest BCUT2D eigenvalue weighted by Gasteiger charge is 2.31. The Morgan fingerprint density at radius 3 is 3.05 bits per heavy atom. The van der Waals surface area contributed by atoms with Crippen LogP contribution in [0.5, 0.6) is 0 Å². The van der Waals surface area contributed by atoms with E-state index in [0.29, 0.717) is 13.2 Å². The van der Waals surface area contributed by atoms with E-state index < -0.39 is 0 Å². The van der Waals surface area contributed by atoms with Crippen molar-refractivity contribution in [3.05, 3.63) is 17.5 Å². The van der Waals surface area contributed by atoms with Crippen molar-refractivity contribution in [3.63, 3.8) is 0 Å². The minimum atomic E-state index is -0.303. The quantitative estimate of drug-likeness (QED) is 0.837. The van der Waals surface area contributed by atoms with Gasteiger partial charge >= 0.3 is 12.0 Å². The number of ether oxygens (including phenoxy) is 1. The number of carbonyl (C=O) groups is 2. The van der Waals surface area contributed by atoms with Crippen molar-refractivity contribution in [1.29, 1.82) is 0 Å². The average molecular weight is 295 g/mol. The molecule has 1 aromatic rings. The summed E-state index contributed by atoms with van der Waals surface area (Å²) in [5.41, 5.74) is 0.783. The van der Waals surface area contributed by atoms with Gasteiger partial charge in [0, 0.05) is 19.2 Å². The van der Waals surface area contributed by atoms with Crippen LogP contribution in [0.25, 0.3) is 0 Å². The van der Waals surface area contributed by atoms with Crippen LogP contribution in [0.1, 0.15) is 43.7 Å². The monoisotopic (exact) mass is 295 g/mol. The third kappa shape index (κ3) is 3.96. The van der Waals surface area contributed by atoms with Gasteiger partial charge in [0.1, 0.15) is 11.5 Å². The van der Waals surface area contributed by atoms with Crippen LogP contribution in [0.4, 0.5) is 4.79 Å². The van der Waals surface area contributed by atoms with Crippen molar-refractivity contribution in [2.45, 2.75) is 39.2 Å². The lowest BCUT2D eigenvalue weighted by Crippen LogP contribution is -2.40. The van der Waals surface area contributed by atoms with E-state index in [4.69, 9.17) is 9.26 Å². The molecule has 1 aliphatic rings. The summed E-state index contributed by atoms with van der Waals surface area (Å²) in [5, 5.41) is 6.74. The van der Waals surface area contributed by atoms with Gasteiger partial charge < -0.3 is 19.5 Å². The van der Waals surface area contributed by atoms with Crippen LogP contribution in [-0.2, 0) is 9.53 Å². The van der Waals surface area contributed by atoms with Gasteiger partial charge in [-0.25, -0.2) is 4.79 Å². The second-order valence-electron chi connectivity index (χ2n) is 5.00. The lowest BCUT2D eigenvalue weighted by molar-refractivity contribution is -0.142. The summed E-state index contributed by atoms with van der Waals surface area (Å²) in [7, 11) is 0. The fourth-order valence-electron chi connectivity index (χ4n) is 2.47. The van der Waals surface area contributed by atoms with Crippen molar-refractivity contribution in [1.82, 2.24) is 15.4 Å². The van der Waals surface area contributed by atoms with Gasteiger partial charge in [-0.05, 0) is 26.7 Å². The Bertz CT molecular complexity index is 500. The number of hydrogen-bond acceptors (Lipinski definition) is 5. The molecule has 0 bridgehead atoms. The first-order chi connectivity index (χ1) is 10.1. The van der Waals surface area contributed by atoms with Crippen LogP contribution in [0.3, 0.4) is 0 Å². The molecule has 1 N–H and O–H groups in total. The molecule has 21 heavy (non-hydrogen) atoms. The number of urea groups is 1. The van der Waals surface area contributed by atoms with Gasteiger partial charge in [0.05, 0.1) is 19.1 Å².